The molecule has 2 aromatic rings. The van der Waals surface area contributed by atoms with Gasteiger partial charge in [-0.25, -0.2) is 4.79 Å². The fraction of sp³-hybridized carbons (Fsp3) is 0.231. The van der Waals surface area contributed by atoms with Crippen molar-refractivity contribution in [2.45, 2.75) is 18.8 Å². The lowest BCUT2D eigenvalue weighted by molar-refractivity contribution is -0.134. The van der Waals surface area contributed by atoms with E-state index in [4.69, 9.17) is 9.52 Å². The molecular formula is C13H10N2O5. The molecule has 1 fully saturated rings. The average molecular weight is 274 g/mol. The van der Waals surface area contributed by atoms with Crippen LogP contribution in [-0.4, -0.2) is 27.9 Å². The predicted octanol–water partition coefficient (Wildman–Crippen LogP) is 1.05. The van der Waals surface area contributed by atoms with E-state index in [1.165, 1.54) is 18.5 Å². The molecule has 0 aliphatic carbocycles. The second-order valence-electron chi connectivity index (χ2n) is 4.57. The Kier molecular flexibility index (Phi) is 2.74. The fourth-order valence-corrected chi connectivity index (χ4v) is 2.29. The number of furan rings is 1. The lowest BCUT2D eigenvalue weighted by atomic mass is 9.91. The van der Waals surface area contributed by atoms with Crippen LogP contribution in [0.15, 0.2) is 22.9 Å². The first kappa shape index (κ1) is 12.3. The number of rotatable bonds is 2. The van der Waals surface area contributed by atoms with Crippen molar-refractivity contribution < 1.29 is 23.9 Å². The largest absolute Gasteiger partial charge is 0.478 e. The highest BCUT2D eigenvalue weighted by Crippen LogP contribution is 2.31. The van der Waals surface area contributed by atoms with Gasteiger partial charge in [-0.3, -0.25) is 19.9 Å². The number of pyridine rings is 1. The zero-order valence-electron chi connectivity index (χ0n) is 10.3. The number of carboxylic acid groups (broad SMARTS) is 1. The Labute approximate surface area is 112 Å². The molecule has 0 aromatic carbocycles. The molecule has 20 heavy (non-hydrogen) atoms. The molecule has 7 heteroatoms. The van der Waals surface area contributed by atoms with Crippen LogP contribution in [0.5, 0.6) is 0 Å². The number of hydrogen-bond acceptors (Lipinski definition) is 5. The van der Waals surface area contributed by atoms with Crippen molar-refractivity contribution in [3.05, 3.63) is 29.7 Å². The molecule has 1 aliphatic rings. The zero-order valence-corrected chi connectivity index (χ0v) is 10.3. The topological polar surface area (TPSA) is 110 Å². The van der Waals surface area contributed by atoms with Gasteiger partial charge in [0, 0.05) is 18.2 Å². The van der Waals surface area contributed by atoms with Crippen LogP contribution in [0.25, 0.3) is 11.1 Å². The number of amides is 2. The van der Waals surface area contributed by atoms with Gasteiger partial charge >= 0.3 is 5.97 Å². The van der Waals surface area contributed by atoms with Gasteiger partial charge in [0.2, 0.25) is 11.8 Å². The van der Waals surface area contributed by atoms with E-state index < -0.39 is 11.9 Å². The first-order valence-electron chi connectivity index (χ1n) is 6.00. The third kappa shape index (κ3) is 1.93. The summed E-state index contributed by atoms with van der Waals surface area (Å²) in [4.78, 5) is 37.9. The molecule has 1 atom stereocenters. The highest BCUT2D eigenvalue weighted by Gasteiger charge is 2.31. The minimum atomic E-state index is -1.10. The number of imide groups is 1. The fourth-order valence-electron chi connectivity index (χ4n) is 2.29. The van der Waals surface area contributed by atoms with Gasteiger partial charge in [-0.1, -0.05) is 0 Å². The molecule has 3 rings (SSSR count). The van der Waals surface area contributed by atoms with Crippen LogP contribution in [0.2, 0.25) is 0 Å². The van der Waals surface area contributed by atoms with Gasteiger partial charge in [-0.15, -0.1) is 0 Å². The van der Waals surface area contributed by atoms with Gasteiger partial charge in [0.1, 0.15) is 5.52 Å². The van der Waals surface area contributed by atoms with Crippen molar-refractivity contribution in [2.75, 3.05) is 0 Å². The van der Waals surface area contributed by atoms with E-state index >= 15 is 0 Å². The van der Waals surface area contributed by atoms with E-state index in [1.807, 2.05) is 0 Å². The second-order valence-corrected chi connectivity index (χ2v) is 4.57. The molecule has 1 saturated heterocycles. The maximum absolute atomic E-state index is 11.8. The molecule has 1 unspecified atom stereocenters. The molecule has 0 radical (unpaired) electrons. The summed E-state index contributed by atoms with van der Waals surface area (Å²) in [6.07, 6.45) is 3.26. The monoisotopic (exact) mass is 274 g/mol. The smallest absolute Gasteiger partial charge is 0.337 e. The Hall–Kier alpha value is -2.70. The minimum absolute atomic E-state index is 0.0154. The second kappa shape index (κ2) is 4.44. The number of piperidine rings is 1. The third-order valence-electron chi connectivity index (χ3n) is 3.30. The molecule has 2 N–H and O–H groups in total. The Morgan fingerprint density at radius 2 is 2.25 bits per heavy atom. The van der Waals surface area contributed by atoms with E-state index in [2.05, 4.69) is 10.3 Å². The van der Waals surface area contributed by atoms with E-state index in [1.54, 1.807) is 0 Å². The number of fused-ring (bicyclic) bond motifs is 1. The van der Waals surface area contributed by atoms with Crippen LogP contribution >= 0.6 is 0 Å². The van der Waals surface area contributed by atoms with Crippen molar-refractivity contribution in [2.24, 2.45) is 0 Å². The summed E-state index contributed by atoms with van der Waals surface area (Å²) in [7, 11) is 0. The summed E-state index contributed by atoms with van der Waals surface area (Å²) in [5.41, 5.74) is 1.35. The Morgan fingerprint density at radius 3 is 2.95 bits per heavy atom. The Bertz CT molecular complexity index is 733. The molecule has 2 aromatic heterocycles. The summed E-state index contributed by atoms with van der Waals surface area (Å²) in [5.74, 6) is -2.27. The van der Waals surface area contributed by atoms with Gasteiger partial charge in [0.25, 0.3) is 0 Å². The molecule has 3 heterocycles. The van der Waals surface area contributed by atoms with Crippen molar-refractivity contribution in [1.29, 1.82) is 0 Å². The van der Waals surface area contributed by atoms with Crippen LogP contribution in [0.1, 0.15) is 34.7 Å². The maximum Gasteiger partial charge on any atom is 0.337 e. The number of nitrogens with zero attached hydrogens (tertiary/aromatic N) is 1. The first-order chi connectivity index (χ1) is 9.56. The summed E-state index contributed by atoms with van der Waals surface area (Å²) in [6.45, 7) is 0. The molecule has 7 nitrogen and oxygen atoms in total. The van der Waals surface area contributed by atoms with E-state index in [-0.39, 0.29) is 23.8 Å². The summed E-state index contributed by atoms with van der Waals surface area (Å²) >= 11 is 0. The number of carbonyl (C=O) groups is 3. The Morgan fingerprint density at radius 1 is 1.45 bits per heavy atom. The maximum atomic E-state index is 11.8. The molecule has 2 amide bonds. The molecule has 0 spiro atoms. The summed E-state index contributed by atoms with van der Waals surface area (Å²) in [6, 6.07) is 1.36. The van der Waals surface area contributed by atoms with E-state index in [0.29, 0.717) is 23.1 Å². The van der Waals surface area contributed by atoms with Crippen molar-refractivity contribution >= 4 is 28.9 Å². The van der Waals surface area contributed by atoms with Gasteiger partial charge in [-0.2, -0.15) is 0 Å². The summed E-state index contributed by atoms with van der Waals surface area (Å²) < 4.78 is 5.28. The minimum Gasteiger partial charge on any atom is -0.478 e. The van der Waals surface area contributed by atoms with Crippen LogP contribution in [0, 0.1) is 0 Å². The zero-order chi connectivity index (χ0) is 14.3. The highest BCUT2D eigenvalue weighted by atomic mass is 16.4. The van der Waals surface area contributed by atoms with Crippen molar-refractivity contribution in [3.8, 4) is 0 Å². The highest BCUT2D eigenvalue weighted by molar-refractivity contribution is 6.02. The molecule has 1 aliphatic heterocycles. The molecular weight excluding hydrogens is 264 g/mol. The van der Waals surface area contributed by atoms with Gasteiger partial charge in [-0.05, 0) is 12.5 Å². The quantitative estimate of drug-likeness (QED) is 0.792. The number of aromatic carboxylic acids is 1. The van der Waals surface area contributed by atoms with E-state index in [9.17, 15) is 14.4 Å². The first-order valence-corrected chi connectivity index (χ1v) is 6.00. The van der Waals surface area contributed by atoms with Crippen LogP contribution in [0.4, 0.5) is 0 Å². The van der Waals surface area contributed by atoms with Gasteiger partial charge in [0.05, 0.1) is 17.7 Å². The number of nitrogens with one attached hydrogen (secondary N) is 1. The normalized spacial score (nSPS) is 19.1. The number of carboxylic acids is 1. The van der Waals surface area contributed by atoms with Crippen molar-refractivity contribution in [3.63, 3.8) is 0 Å². The van der Waals surface area contributed by atoms with Crippen LogP contribution in [0.3, 0.4) is 0 Å². The SMILES string of the molecule is O=C1CCC(c2coc3cc(C(=O)O)cnc23)C(=O)N1. The summed E-state index contributed by atoms with van der Waals surface area (Å²) in [5, 5.41) is 11.2. The van der Waals surface area contributed by atoms with Crippen LogP contribution in [-0.2, 0) is 9.59 Å². The number of aromatic nitrogens is 1. The van der Waals surface area contributed by atoms with E-state index in [0.717, 1.165) is 0 Å². The van der Waals surface area contributed by atoms with Gasteiger partial charge in [0.15, 0.2) is 5.58 Å². The van der Waals surface area contributed by atoms with Crippen LogP contribution < -0.4 is 5.32 Å². The number of hydrogen-bond donors (Lipinski definition) is 2. The lowest BCUT2D eigenvalue weighted by Gasteiger charge is -2.19. The Balaban J connectivity index is 2.02. The molecule has 102 valence electrons. The lowest BCUT2D eigenvalue weighted by Crippen LogP contribution is -2.39. The van der Waals surface area contributed by atoms with Crippen molar-refractivity contribution in [1.82, 2.24) is 10.3 Å². The number of carbonyl (C=O) groups excluding carboxylic acids is 2. The standard InChI is InChI=1S/C13H10N2O5/c16-10-2-1-7(12(17)15-10)8-5-20-9-3-6(13(18)19)4-14-11(8)9/h3-5,7H,1-2H2,(H,18,19)(H,15,16,17). The van der Waals surface area contributed by atoms with Gasteiger partial charge < -0.3 is 9.52 Å². The predicted molar refractivity (Wildman–Crippen MR) is 66.1 cm³/mol. The molecule has 0 saturated carbocycles. The average Bonchev–Trinajstić information content (AvgIpc) is 2.81. The third-order valence-corrected chi connectivity index (χ3v) is 3.30. The molecule has 0 bridgehead atoms.